The molecule has 2 aliphatic heterocycles. The minimum atomic E-state index is -1.80. The highest BCUT2D eigenvalue weighted by Crippen LogP contribution is 2.41. The van der Waals surface area contributed by atoms with Crippen molar-refractivity contribution in [2.75, 3.05) is 34.5 Å². The third kappa shape index (κ3) is 7.37. The molecule has 0 bridgehead atoms. The summed E-state index contributed by atoms with van der Waals surface area (Å²) in [6, 6.07) is 7.95. The molecular formula is C31H36O18. The Morgan fingerprint density at radius 1 is 0.694 bits per heavy atom. The van der Waals surface area contributed by atoms with Gasteiger partial charge in [0.05, 0.1) is 33.5 Å². The highest BCUT2D eigenvalue weighted by atomic mass is 16.7. The van der Waals surface area contributed by atoms with Crippen LogP contribution in [0.25, 0.3) is 11.0 Å². The number of rotatable bonds is 11. The largest absolute Gasteiger partial charge is 0.493 e. The number of aliphatic hydroxyl groups is 7. The van der Waals surface area contributed by atoms with Crippen molar-refractivity contribution in [3.8, 4) is 28.7 Å². The van der Waals surface area contributed by atoms with Crippen LogP contribution in [0.2, 0.25) is 0 Å². The predicted molar refractivity (Wildman–Crippen MR) is 161 cm³/mol. The molecule has 7 N–H and O–H groups in total. The minimum absolute atomic E-state index is 0.0297. The summed E-state index contributed by atoms with van der Waals surface area (Å²) in [7, 11) is 3.83. The molecule has 18 heteroatoms. The fourth-order valence-corrected chi connectivity index (χ4v) is 5.24. The average Bonchev–Trinajstić information content (AvgIpc) is 3.10. The van der Waals surface area contributed by atoms with Gasteiger partial charge in [0.1, 0.15) is 61.0 Å². The van der Waals surface area contributed by atoms with Crippen LogP contribution in [0.1, 0.15) is 10.4 Å². The van der Waals surface area contributed by atoms with Crippen molar-refractivity contribution < 1.29 is 82.9 Å². The van der Waals surface area contributed by atoms with E-state index >= 15 is 0 Å². The van der Waals surface area contributed by atoms with Crippen molar-refractivity contribution >= 4 is 16.9 Å². The van der Waals surface area contributed by atoms with E-state index in [1.54, 1.807) is 0 Å². The first-order valence-corrected chi connectivity index (χ1v) is 14.8. The molecule has 0 amide bonds. The molecule has 2 aliphatic rings. The summed E-state index contributed by atoms with van der Waals surface area (Å²) in [5, 5.41) is 72.3. The lowest BCUT2D eigenvalue weighted by Gasteiger charge is -2.40. The molecule has 0 aliphatic carbocycles. The lowest BCUT2D eigenvalue weighted by atomic mass is 9.99. The first-order valence-electron chi connectivity index (χ1n) is 14.8. The molecule has 0 unspecified atom stereocenters. The van der Waals surface area contributed by atoms with Gasteiger partial charge in [-0.3, -0.25) is 0 Å². The Hall–Kier alpha value is -4.24. The van der Waals surface area contributed by atoms with E-state index in [0.717, 1.165) is 0 Å². The van der Waals surface area contributed by atoms with Crippen molar-refractivity contribution in [3.05, 3.63) is 52.4 Å². The molecule has 5 rings (SSSR count). The van der Waals surface area contributed by atoms with Gasteiger partial charge in [-0.25, -0.2) is 9.59 Å². The highest BCUT2D eigenvalue weighted by Gasteiger charge is 2.47. The van der Waals surface area contributed by atoms with Gasteiger partial charge in [-0.15, -0.1) is 0 Å². The van der Waals surface area contributed by atoms with Gasteiger partial charge in [0.2, 0.25) is 18.3 Å². The second-order valence-electron chi connectivity index (χ2n) is 11.1. The van der Waals surface area contributed by atoms with Gasteiger partial charge in [-0.2, -0.15) is 0 Å². The average molecular weight is 697 g/mol. The maximum atomic E-state index is 13.1. The predicted octanol–water partition coefficient (Wildman–Crippen LogP) is -1.96. The van der Waals surface area contributed by atoms with Crippen molar-refractivity contribution in [1.82, 2.24) is 0 Å². The minimum Gasteiger partial charge on any atom is -0.493 e. The first kappa shape index (κ1) is 36.1. The second-order valence-corrected chi connectivity index (χ2v) is 11.1. The third-order valence-electron chi connectivity index (χ3n) is 7.97. The van der Waals surface area contributed by atoms with Gasteiger partial charge in [0, 0.05) is 17.5 Å². The summed E-state index contributed by atoms with van der Waals surface area (Å²) in [5.74, 6) is -1.22. The molecule has 2 fully saturated rings. The van der Waals surface area contributed by atoms with E-state index in [9.17, 15) is 45.3 Å². The Bertz CT molecular complexity index is 1650. The zero-order chi connectivity index (χ0) is 35.6. The molecule has 0 saturated carbocycles. The van der Waals surface area contributed by atoms with Gasteiger partial charge < -0.3 is 78.1 Å². The molecule has 2 aromatic carbocycles. The summed E-state index contributed by atoms with van der Waals surface area (Å²) in [6.45, 7) is -1.33. The van der Waals surface area contributed by atoms with E-state index < -0.39 is 86.2 Å². The topological polar surface area (TPSA) is 263 Å². The molecule has 268 valence electrons. The number of methoxy groups -OCH3 is 3. The normalized spacial score (nSPS) is 30.0. The Morgan fingerprint density at radius 2 is 1.27 bits per heavy atom. The lowest BCUT2D eigenvalue weighted by Crippen LogP contribution is -2.60. The van der Waals surface area contributed by atoms with Crippen molar-refractivity contribution in [3.63, 3.8) is 0 Å². The SMILES string of the molecule is COc1cc2ccc(=O)oc2cc1O[C@@H]1O[C@H](COC(=O)c2cc(OC)c(O[C@@H]3O[C@H](CO)[C@@H](O)[C@H](O)[C@H]3O)c(OC)c2)[C@@H](O)[C@H](O)[C@H]1O. The summed E-state index contributed by atoms with van der Waals surface area (Å²) < 4.78 is 49.0. The molecule has 0 spiro atoms. The lowest BCUT2D eigenvalue weighted by molar-refractivity contribution is -0.277. The summed E-state index contributed by atoms with van der Waals surface area (Å²) in [6.07, 6.45) is -16.2. The Balaban J connectivity index is 1.31. The third-order valence-corrected chi connectivity index (χ3v) is 7.97. The van der Waals surface area contributed by atoms with Gasteiger partial charge in [0.15, 0.2) is 23.0 Å². The van der Waals surface area contributed by atoms with Crippen LogP contribution in [0.3, 0.4) is 0 Å². The molecular weight excluding hydrogens is 660 g/mol. The van der Waals surface area contributed by atoms with Crippen molar-refractivity contribution in [1.29, 1.82) is 0 Å². The molecule has 2 saturated heterocycles. The first-order chi connectivity index (χ1) is 23.4. The summed E-state index contributed by atoms with van der Waals surface area (Å²) in [4.78, 5) is 24.8. The Morgan fingerprint density at radius 3 is 1.86 bits per heavy atom. The second kappa shape index (κ2) is 15.1. The Labute approximate surface area is 277 Å². The standard InChI is InChI=1S/C31H36O18/c1-41-15-6-12-4-5-21(33)45-14(12)9-16(15)46-30-26(38)25(37)23(35)20(48-30)11-44-29(40)13-7-17(42-2)28(18(8-13)43-3)49-31-27(39)24(36)22(34)19(10-32)47-31/h4-9,19-20,22-27,30-32,34-39H,10-11H2,1-3H3/t19-,20-,22-,23-,24+,25+,26-,27-,30-,31+/m1/s1. The molecule has 3 heterocycles. The zero-order valence-corrected chi connectivity index (χ0v) is 26.3. The van der Waals surface area contributed by atoms with E-state index in [4.69, 9.17) is 42.3 Å². The Kier molecular flexibility index (Phi) is 11.1. The zero-order valence-electron chi connectivity index (χ0n) is 26.3. The van der Waals surface area contributed by atoms with Gasteiger partial charge in [-0.1, -0.05) is 0 Å². The van der Waals surface area contributed by atoms with E-state index in [0.29, 0.717) is 5.39 Å². The van der Waals surface area contributed by atoms with Crippen molar-refractivity contribution in [2.24, 2.45) is 0 Å². The van der Waals surface area contributed by atoms with Crippen LogP contribution in [-0.4, -0.2) is 138 Å². The number of fused-ring (bicyclic) bond motifs is 1. The van der Waals surface area contributed by atoms with Gasteiger partial charge in [0.25, 0.3) is 0 Å². The molecule has 1 aromatic heterocycles. The van der Waals surface area contributed by atoms with Gasteiger partial charge in [-0.05, 0) is 24.3 Å². The number of carbonyl (C=O) groups is 1. The summed E-state index contributed by atoms with van der Waals surface area (Å²) in [5.41, 5.74) is -0.629. The van der Waals surface area contributed by atoms with Crippen LogP contribution in [0.4, 0.5) is 0 Å². The van der Waals surface area contributed by atoms with E-state index in [-0.39, 0.29) is 39.9 Å². The number of benzene rings is 2. The highest BCUT2D eigenvalue weighted by molar-refractivity contribution is 5.91. The van der Waals surface area contributed by atoms with Crippen molar-refractivity contribution in [2.45, 2.75) is 61.4 Å². The number of esters is 1. The van der Waals surface area contributed by atoms with Crippen LogP contribution in [0.15, 0.2) is 45.6 Å². The van der Waals surface area contributed by atoms with Crippen LogP contribution >= 0.6 is 0 Å². The van der Waals surface area contributed by atoms with E-state index in [2.05, 4.69) is 0 Å². The quantitative estimate of drug-likeness (QED) is 0.0848. The van der Waals surface area contributed by atoms with Crippen LogP contribution in [-0.2, 0) is 14.2 Å². The van der Waals surface area contributed by atoms with Crippen LogP contribution in [0, 0.1) is 0 Å². The van der Waals surface area contributed by atoms with E-state index in [1.807, 2.05) is 0 Å². The smallest absolute Gasteiger partial charge is 0.338 e. The maximum Gasteiger partial charge on any atom is 0.338 e. The van der Waals surface area contributed by atoms with Crippen LogP contribution in [0.5, 0.6) is 28.7 Å². The number of hydrogen-bond acceptors (Lipinski definition) is 18. The molecule has 0 radical (unpaired) electrons. The van der Waals surface area contributed by atoms with Gasteiger partial charge >= 0.3 is 11.6 Å². The van der Waals surface area contributed by atoms with Crippen LogP contribution < -0.4 is 29.3 Å². The maximum absolute atomic E-state index is 13.1. The fourth-order valence-electron chi connectivity index (χ4n) is 5.24. The molecule has 3 aromatic rings. The monoisotopic (exact) mass is 696 g/mol. The number of carbonyl (C=O) groups excluding carboxylic acids is 1. The number of hydrogen-bond donors (Lipinski definition) is 7. The fraction of sp³-hybridized carbons (Fsp3) is 0.484. The van der Waals surface area contributed by atoms with E-state index in [1.165, 1.54) is 57.7 Å². The number of ether oxygens (including phenoxy) is 8. The number of aliphatic hydroxyl groups excluding tert-OH is 7. The molecule has 10 atom stereocenters. The summed E-state index contributed by atoms with van der Waals surface area (Å²) >= 11 is 0. The molecule has 18 nitrogen and oxygen atoms in total. The molecule has 49 heavy (non-hydrogen) atoms.